The highest BCUT2D eigenvalue weighted by molar-refractivity contribution is 7.88. The predicted molar refractivity (Wildman–Crippen MR) is 88.7 cm³/mol. The monoisotopic (exact) mass is 344 g/mol. The van der Waals surface area contributed by atoms with Crippen molar-refractivity contribution in [2.75, 3.05) is 32.4 Å². The summed E-state index contributed by atoms with van der Waals surface area (Å²) in [5.74, 6) is 0. The van der Waals surface area contributed by atoms with Crippen LogP contribution in [0.4, 0.5) is 4.79 Å². The molecule has 0 aliphatic carbocycles. The third-order valence-corrected chi connectivity index (χ3v) is 6.73. The summed E-state index contributed by atoms with van der Waals surface area (Å²) in [6, 6.07) is 0.727. The molecule has 2 amide bonds. The maximum Gasteiger partial charge on any atom is 0.315 e. The van der Waals surface area contributed by atoms with Gasteiger partial charge in [-0.2, -0.15) is 0 Å². The molecule has 23 heavy (non-hydrogen) atoms. The molecule has 0 saturated carbocycles. The van der Waals surface area contributed by atoms with Crippen LogP contribution in [-0.4, -0.2) is 74.2 Å². The second-order valence-corrected chi connectivity index (χ2v) is 9.03. The molecule has 2 N–H and O–H groups in total. The molecule has 3 fully saturated rings. The normalized spacial score (nSPS) is 30.8. The number of fused-ring (bicyclic) bond motifs is 1. The van der Waals surface area contributed by atoms with E-state index in [-0.39, 0.29) is 18.1 Å². The van der Waals surface area contributed by atoms with Crippen LogP contribution in [0.1, 0.15) is 38.5 Å². The number of hydrogen-bond donors (Lipinski definition) is 2. The molecule has 8 heteroatoms. The van der Waals surface area contributed by atoms with E-state index in [9.17, 15) is 13.2 Å². The highest BCUT2D eigenvalue weighted by Gasteiger charge is 2.36. The predicted octanol–water partition coefficient (Wildman–Crippen LogP) is 0.336. The number of nitrogens with one attached hydrogen (secondary N) is 2. The highest BCUT2D eigenvalue weighted by Crippen LogP contribution is 2.27. The molecule has 132 valence electrons. The average Bonchev–Trinajstić information content (AvgIpc) is 2.90. The van der Waals surface area contributed by atoms with Crippen LogP contribution in [0.15, 0.2) is 0 Å². The Bertz CT molecular complexity index is 531. The molecular formula is C15H28N4O3S. The van der Waals surface area contributed by atoms with Crippen molar-refractivity contribution in [1.29, 1.82) is 0 Å². The molecule has 3 aliphatic rings. The lowest BCUT2D eigenvalue weighted by Crippen LogP contribution is -2.53. The zero-order chi connectivity index (χ0) is 16.4. The van der Waals surface area contributed by atoms with Gasteiger partial charge in [-0.15, -0.1) is 0 Å². The Hall–Kier alpha value is -0.860. The molecule has 3 saturated heterocycles. The standard InChI is InChI=1S/C15H28N4O3S/c1-23(21,22)19-10-5-12(6-11-19)16-15(20)17-13-7-9-18-8-3-2-4-14(13)18/h12-14H,2-11H2,1H3,(H2,16,17,20)/t13-,14+/m0/s1. The van der Waals surface area contributed by atoms with Gasteiger partial charge in [0.25, 0.3) is 0 Å². The van der Waals surface area contributed by atoms with E-state index in [4.69, 9.17) is 0 Å². The molecule has 0 aromatic heterocycles. The van der Waals surface area contributed by atoms with Crippen molar-refractivity contribution in [3.63, 3.8) is 0 Å². The van der Waals surface area contributed by atoms with Crippen molar-refractivity contribution >= 4 is 16.1 Å². The average molecular weight is 344 g/mol. The van der Waals surface area contributed by atoms with Gasteiger partial charge in [0.15, 0.2) is 0 Å². The SMILES string of the molecule is CS(=O)(=O)N1CCC(NC(=O)N[C@H]2CCN3CCCC[C@H]23)CC1. The van der Waals surface area contributed by atoms with Gasteiger partial charge in [0.1, 0.15) is 0 Å². The van der Waals surface area contributed by atoms with E-state index in [1.807, 2.05) is 0 Å². The molecule has 0 radical (unpaired) electrons. The first kappa shape index (κ1) is 17.0. The van der Waals surface area contributed by atoms with Gasteiger partial charge in [-0.25, -0.2) is 17.5 Å². The third-order valence-electron chi connectivity index (χ3n) is 5.43. The molecule has 0 bridgehead atoms. The molecule has 7 nitrogen and oxygen atoms in total. The molecule has 0 aromatic rings. The minimum Gasteiger partial charge on any atom is -0.335 e. The molecular weight excluding hydrogens is 316 g/mol. The summed E-state index contributed by atoms with van der Waals surface area (Å²) < 4.78 is 24.5. The summed E-state index contributed by atoms with van der Waals surface area (Å²) in [7, 11) is -3.11. The lowest BCUT2D eigenvalue weighted by atomic mass is 9.99. The Kier molecular flexibility index (Phi) is 5.13. The summed E-state index contributed by atoms with van der Waals surface area (Å²) in [6.07, 6.45) is 7.34. The van der Waals surface area contributed by atoms with E-state index in [0.29, 0.717) is 32.0 Å². The minimum absolute atomic E-state index is 0.0665. The first-order valence-electron chi connectivity index (χ1n) is 8.70. The fourth-order valence-corrected chi connectivity index (χ4v) is 5.02. The maximum absolute atomic E-state index is 12.2. The molecule has 0 unspecified atom stereocenters. The molecule has 3 aliphatic heterocycles. The van der Waals surface area contributed by atoms with Gasteiger partial charge in [-0.1, -0.05) is 6.42 Å². The van der Waals surface area contributed by atoms with Crippen LogP contribution in [0.5, 0.6) is 0 Å². The molecule has 2 atom stereocenters. The zero-order valence-electron chi connectivity index (χ0n) is 13.8. The molecule has 0 spiro atoms. The van der Waals surface area contributed by atoms with Crippen molar-refractivity contribution in [1.82, 2.24) is 19.8 Å². The van der Waals surface area contributed by atoms with Crippen molar-refractivity contribution in [3.8, 4) is 0 Å². The van der Waals surface area contributed by atoms with Gasteiger partial charge in [0.05, 0.1) is 6.26 Å². The first-order chi connectivity index (χ1) is 10.9. The van der Waals surface area contributed by atoms with E-state index in [0.717, 1.165) is 19.5 Å². The van der Waals surface area contributed by atoms with Crippen molar-refractivity contribution in [2.24, 2.45) is 0 Å². The van der Waals surface area contributed by atoms with Gasteiger partial charge in [0, 0.05) is 37.8 Å². The third kappa shape index (κ3) is 4.16. The number of hydrogen-bond acceptors (Lipinski definition) is 4. The highest BCUT2D eigenvalue weighted by atomic mass is 32.2. The Morgan fingerprint density at radius 1 is 0.957 bits per heavy atom. The smallest absolute Gasteiger partial charge is 0.315 e. The fourth-order valence-electron chi connectivity index (χ4n) is 4.14. The molecule has 0 aromatic carbocycles. The summed E-state index contributed by atoms with van der Waals surface area (Å²) in [6.45, 7) is 3.23. The number of sulfonamides is 1. The first-order valence-corrected chi connectivity index (χ1v) is 10.5. The largest absolute Gasteiger partial charge is 0.335 e. The van der Waals surface area contributed by atoms with E-state index in [1.165, 1.54) is 29.8 Å². The Balaban J connectivity index is 1.44. The van der Waals surface area contributed by atoms with Crippen molar-refractivity contribution in [3.05, 3.63) is 0 Å². The van der Waals surface area contributed by atoms with Crippen LogP contribution in [0, 0.1) is 0 Å². The molecule has 3 heterocycles. The number of carbonyl (C=O) groups excluding carboxylic acids is 1. The Morgan fingerprint density at radius 3 is 2.39 bits per heavy atom. The number of piperidine rings is 2. The van der Waals surface area contributed by atoms with Gasteiger partial charge in [0.2, 0.25) is 10.0 Å². The van der Waals surface area contributed by atoms with E-state index in [1.54, 1.807) is 0 Å². The summed E-state index contributed by atoms with van der Waals surface area (Å²) >= 11 is 0. The van der Waals surface area contributed by atoms with E-state index in [2.05, 4.69) is 15.5 Å². The summed E-state index contributed by atoms with van der Waals surface area (Å²) in [5, 5.41) is 6.17. The maximum atomic E-state index is 12.2. The topological polar surface area (TPSA) is 81.8 Å². The van der Waals surface area contributed by atoms with Gasteiger partial charge in [-0.05, 0) is 38.6 Å². The van der Waals surface area contributed by atoms with E-state index < -0.39 is 10.0 Å². The quantitative estimate of drug-likeness (QED) is 0.773. The summed E-state index contributed by atoms with van der Waals surface area (Å²) in [4.78, 5) is 14.7. The fraction of sp³-hybridized carbons (Fsp3) is 0.933. The van der Waals surface area contributed by atoms with Gasteiger partial charge >= 0.3 is 6.03 Å². The van der Waals surface area contributed by atoms with Gasteiger partial charge < -0.3 is 10.6 Å². The Labute approximate surface area is 138 Å². The van der Waals surface area contributed by atoms with Crippen molar-refractivity contribution in [2.45, 2.75) is 56.7 Å². The van der Waals surface area contributed by atoms with E-state index >= 15 is 0 Å². The molecule has 3 rings (SSSR count). The second kappa shape index (κ2) is 6.94. The van der Waals surface area contributed by atoms with Crippen LogP contribution < -0.4 is 10.6 Å². The number of rotatable bonds is 3. The Morgan fingerprint density at radius 2 is 1.70 bits per heavy atom. The number of carbonyl (C=O) groups is 1. The van der Waals surface area contributed by atoms with Crippen LogP contribution in [0.2, 0.25) is 0 Å². The lowest BCUT2D eigenvalue weighted by molar-refractivity contribution is 0.177. The van der Waals surface area contributed by atoms with Gasteiger partial charge in [-0.3, -0.25) is 4.90 Å². The number of urea groups is 1. The van der Waals surface area contributed by atoms with Crippen LogP contribution >= 0.6 is 0 Å². The number of nitrogens with zero attached hydrogens (tertiary/aromatic N) is 2. The second-order valence-electron chi connectivity index (χ2n) is 7.05. The van der Waals surface area contributed by atoms with Crippen LogP contribution in [0.3, 0.4) is 0 Å². The minimum atomic E-state index is -3.11. The van der Waals surface area contributed by atoms with Crippen LogP contribution in [0.25, 0.3) is 0 Å². The van der Waals surface area contributed by atoms with Crippen LogP contribution in [-0.2, 0) is 10.0 Å². The number of amides is 2. The lowest BCUT2D eigenvalue weighted by Gasteiger charge is -2.33. The van der Waals surface area contributed by atoms with Crippen molar-refractivity contribution < 1.29 is 13.2 Å². The zero-order valence-corrected chi connectivity index (χ0v) is 14.6. The summed E-state index contributed by atoms with van der Waals surface area (Å²) in [5.41, 5.74) is 0.